The molecule has 0 saturated carbocycles. The zero-order valence-electron chi connectivity index (χ0n) is 13.0. The van der Waals surface area contributed by atoms with Gasteiger partial charge in [0.05, 0.1) is 5.92 Å². The fourth-order valence-corrected chi connectivity index (χ4v) is 2.50. The van der Waals surface area contributed by atoms with Gasteiger partial charge in [0.25, 0.3) is 0 Å². The fourth-order valence-electron chi connectivity index (χ4n) is 2.50. The number of carbonyl (C=O) groups is 1. The van der Waals surface area contributed by atoms with E-state index in [9.17, 15) is 4.79 Å². The molecule has 0 aromatic heterocycles. The fraction of sp³-hybridized carbons (Fsp3) is 0.316. The summed E-state index contributed by atoms with van der Waals surface area (Å²) in [6.07, 6.45) is 0.994. The summed E-state index contributed by atoms with van der Waals surface area (Å²) in [4.78, 5) is 14.9. The highest BCUT2D eigenvalue weighted by Crippen LogP contribution is 2.22. The molecule has 1 unspecified atom stereocenters. The van der Waals surface area contributed by atoms with E-state index in [4.69, 9.17) is 0 Å². The number of benzene rings is 2. The van der Waals surface area contributed by atoms with Crippen molar-refractivity contribution in [1.29, 1.82) is 0 Å². The molecule has 0 bridgehead atoms. The Morgan fingerprint density at radius 1 is 1.00 bits per heavy atom. The van der Waals surface area contributed by atoms with Gasteiger partial charge in [-0.25, -0.2) is 0 Å². The Labute approximate surface area is 127 Å². The van der Waals surface area contributed by atoms with E-state index < -0.39 is 0 Å². The largest absolute Gasteiger partial charge is 0.308 e. The third kappa shape index (κ3) is 4.02. The zero-order valence-corrected chi connectivity index (χ0v) is 13.0. The van der Waals surface area contributed by atoms with E-state index in [-0.39, 0.29) is 11.7 Å². The Kier molecular flexibility index (Phi) is 5.29. The van der Waals surface area contributed by atoms with Crippen LogP contribution >= 0.6 is 0 Å². The monoisotopic (exact) mass is 281 g/mol. The minimum absolute atomic E-state index is 0.117. The number of Topliss-reactive ketones (excluding diaryl/α,β-unsaturated/α-hetero) is 1. The molecule has 2 aromatic rings. The number of ketones is 1. The molecule has 0 amide bonds. The first-order valence-corrected chi connectivity index (χ1v) is 7.44. The van der Waals surface area contributed by atoms with Gasteiger partial charge >= 0.3 is 0 Å². The Morgan fingerprint density at radius 3 is 2.14 bits per heavy atom. The van der Waals surface area contributed by atoms with Crippen molar-refractivity contribution in [1.82, 2.24) is 4.90 Å². The molecule has 2 nitrogen and oxygen atoms in total. The molecule has 0 aliphatic carbocycles. The van der Waals surface area contributed by atoms with Crippen molar-refractivity contribution in [2.45, 2.75) is 19.3 Å². The Balaban J connectivity index is 2.29. The molecule has 110 valence electrons. The quantitative estimate of drug-likeness (QED) is 0.751. The van der Waals surface area contributed by atoms with Gasteiger partial charge < -0.3 is 4.90 Å². The summed E-state index contributed by atoms with van der Waals surface area (Å²) in [5.41, 5.74) is 3.13. The molecule has 2 heteroatoms. The zero-order chi connectivity index (χ0) is 15.2. The van der Waals surface area contributed by atoms with Gasteiger partial charge in [0, 0.05) is 12.1 Å². The van der Waals surface area contributed by atoms with Crippen LogP contribution < -0.4 is 0 Å². The van der Waals surface area contributed by atoms with Gasteiger partial charge in [0.1, 0.15) is 0 Å². The number of nitrogens with zero attached hydrogens (tertiary/aromatic N) is 1. The van der Waals surface area contributed by atoms with Crippen LogP contribution in [0.5, 0.6) is 0 Å². The summed E-state index contributed by atoms with van der Waals surface area (Å²) < 4.78 is 0. The molecule has 0 spiro atoms. The van der Waals surface area contributed by atoms with Gasteiger partial charge in [0.2, 0.25) is 0 Å². The predicted molar refractivity (Wildman–Crippen MR) is 87.9 cm³/mol. The number of rotatable bonds is 6. The minimum Gasteiger partial charge on any atom is -0.308 e. The molecule has 0 N–H and O–H groups in total. The summed E-state index contributed by atoms with van der Waals surface area (Å²) >= 11 is 0. The molecule has 0 aliphatic heterocycles. The van der Waals surface area contributed by atoms with Gasteiger partial charge in [-0.3, -0.25) is 4.79 Å². The lowest BCUT2D eigenvalue weighted by molar-refractivity contribution is 0.0945. The second-order valence-corrected chi connectivity index (χ2v) is 5.64. The number of carbonyl (C=O) groups excluding carboxylic acids is 1. The standard InChI is InChI=1S/C19H23NO/c1-4-15-10-12-17(13-11-15)19(21)18(14-20(2)3)16-8-6-5-7-9-16/h5-13,18H,4,14H2,1-3H3. The molecule has 2 rings (SSSR count). The van der Waals surface area contributed by atoms with E-state index in [0.717, 1.165) is 24.1 Å². The first-order chi connectivity index (χ1) is 10.1. The molecular formula is C19H23NO. The SMILES string of the molecule is CCc1ccc(C(=O)C(CN(C)C)c2ccccc2)cc1. The molecule has 0 radical (unpaired) electrons. The first-order valence-electron chi connectivity index (χ1n) is 7.44. The number of likely N-dealkylation sites (N-methyl/N-ethyl adjacent to an activating group) is 1. The normalized spacial score (nSPS) is 12.4. The van der Waals surface area contributed by atoms with E-state index in [1.165, 1.54) is 5.56 Å². The molecule has 0 saturated heterocycles. The predicted octanol–water partition coefficient (Wildman–Crippen LogP) is 3.78. The Bertz CT molecular complexity index is 572. The van der Waals surface area contributed by atoms with Crippen LogP contribution in [0.3, 0.4) is 0 Å². The van der Waals surface area contributed by atoms with Crippen LogP contribution in [0.1, 0.15) is 34.3 Å². The lowest BCUT2D eigenvalue weighted by atomic mass is 9.90. The van der Waals surface area contributed by atoms with E-state index in [1.54, 1.807) is 0 Å². The summed E-state index contributed by atoms with van der Waals surface area (Å²) in [6, 6.07) is 18.0. The van der Waals surface area contributed by atoms with Crippen LogP contribution in [-0.4, -0.2) is 31.3 Å². The summed E-state index contributed by atoms with van der Waals surface area (Å²) in [7, 11) is 4.01. The first kappa shape index (κ1) is 15.5. The van der Waals surface area contributed by atoms with Crippen molar-refractivity contribution in [2.75, 3.05) is 20.6 Å². The van der Waals surface area contributed by atoms with Crippen LogP contribution in [0, 0.1) is 0 Å². The van der Waals surface area contributed by atoms with Gasteiger partial charge in [-0.15, -0.1) is 0 Å². The second kappa shape index (κ2) is 7.19. The van der Waals surface area contributed by atoms with E-state index in [0.29, 0.717) is 0 Å². The van der Waals surface area contributed by atoms with Crippen molar-refractivity contribution in [3.8, 4) is 0 Å². The minimum atomic E-state index is -0.117. The molecule has 1 atom stereocenters. The maximum absolute atomic E-state index is 12.9. The number of hydrogen-bond donors (Lipinski definition) is 0. The number of hydrogen-bond acceptors (Lipinski definition) is 2. The lowest BCUT2D eigenvalue weighted by Crippen LogP contribution is -2.26. The van der Waals surface area contributed by atoms with Crippen molar-refractivity contribution in [3.05, 3.63) is 71.3 Å². The van der Waals surface area contributed by atoms with Crippen LogP contribution in [0.25, 0.3) is 0 Å². The highest BCUT2D eigenvalue weighted by Gasteiger charge is 2.22. The summed E-state index contributed by atoms with van der Waals surface area (Å²) in [5, 5.41) is 0. The lowest BCUT2D eigenvalue weighted by Gasteiger charge is -2.20. The van der Waals surface area contributed by atoms with Crippen molar-refractivity contribution >= 4 is 5.78 Å². The molecular weight excluding hydrogens is 258 g/mol. The van der Waals surface area contributed by atoms with Gasteiger partial charge in [0.15, 0.2) is 5.78 Å². The van der Waals surface area contributed by atoms with Crippen molar-refractivity contribution in [3.63, 3.8) is 0 Å². The van der Waals surface area contributed by atoms with Crippen LogP contribution in [0.4, 0.5) is 0 Å². The van der Waals surface area contributed by atoms with Crippen molar-refractivity contribution in [2.24, 2.45) is 0 Å². The Hall–Kier alpha value is -1.93. The molecule has 0 heterocycles. The topological polar surface area (TPSA) is 20.3 Å². The molecule has 0 aliphatic rings. The summed E-state index contributed by atoms with van der Waals surface area (Å²) in [6.45, 7) is 2.84. The molecule has 21 heavy (non-hydrogen) atoms. The third-order valence-corrected chi connectivity index (χ3v) is 3.71. The maximum Gasteiger partial charge on any atom is 0.171 e. The van der Waals surface area contributed by atoms with Gasteiger partial charge in [-0.2, -0.15) is 0 Å². The average molecular weight is 281 g/mol. The third-order valence-electron chi connectivity index (χ3n) is 3.71. The van der Waals surface area contributed by atoms with Crippen molar-refractivity contribution < 1.29 is 4.79 Å². The van der Waals surface area contributed by atoms with Crippen LogP contribution in [0.2, 0.25) is 0 Å². The highest BCUT2D eigenvalue weighted by atomic mass is 16.1. The average Bonchev–Trinajstić information content (AvgIpc) is 2.53. The summed E-state index contributed by atoms with van der Waals surface area (Å²) in [5.74, 6) is 0.0752. The highest BCUT2D eigenvalue weighted by molar-refractivity contribution is 6.01. The van der Waals surface area contributed by atoms with Crippen LogP contribution in [-0.2, 0) is 6.42 Å². The van der Waals surface area contributed by atoms with Gasteiger partial charge in [-0.1, -0.05) is 61.5 Å². The Morgan fingerprint density at radius 2 is 1.62 bits per heavy atom. The second-order valence-electron chi connectivity index (χ2n) is 5.64. The molecule has 0 fully saturated rings. The molecule has 2 aromatic carbocycles. The maximum atomic E-state index is 12.9. The van der Waals surface area contributed by atoms with E-state index >= 15 is 0 Å². The van der Waals surface area contributed by atoms with Crippen LogP contribution in [0.15, 0.2) is 54.6 Å². The van der Waals surface area contributed by atoms with Gasteiger partial charge in [-0.05, 0) is 31.6 Å². The van der Waals surface area contributed by atoms with E-state index in [1.807, 2.05) is 68.7 Å². The number of aryl methyl sites for hydroxylation is 1. The van der Waals surface area contributed by atoms with E-state index in [2.05, 4.69) is 11.8 Å². The smallest absolute Gasteiger partial charge is 0.171 e.